The van der Waals surface area contributed by atoms with Crippen molar-refractivity contribution >= 4 is 57.0 Å². The zero-order chi connectivity index (χ0) is 23.2. The van der Waals surface area contributed by atoms with Gasteiger partial charge in [0, 0.05) is 35.8 Å². The fourth-order valence-electron chi connectivity index (χ4n) is 5.08. The Bertz CT molecular complexity index is 1560. The van der Waals surface area contributed by atoms with Crippen LogP contribution in [0.3, 0.4) is 0 Å². The summed E-state index contributed by atoms with van der Waals surface area (Å²) >= 11 is 5.19. The number of carbonyl (C=O) groups is 2. The van der Waals surface area contributed by atoms with Crippen molar-refractivity contribution in [3.63, 3.8) is 0 Å². The molecule has 4 heterocycles. The SMILES string of the molecule is CN1C(=O)C(=Cc2cc3c(o2)-n2c4ccccc4c4cccc(c42)C3(C)C)C(=O)N(C)C1=S. The second kappa shape index (κ2) is 6.42. The van der Waals surface area contributed by atoms with Gasteiger partial charge in [-0.15, -0.1) is 0 Å². The van der Waals surface area contributed by atoms with Crippen molar-refractivity contribution in [2.75, 3.05) is 14.1 Å². The minimum absolute atomic E-state index is 0.0255. The van der Waals surface area contributed by atoms with E-state index in [9.17, 15) is 9.59 Å². The van der Waals surface area contributed by atoms with E-state index in [0.29, 0.717) is 11.6 Å². The van der Waals surface area contributed by atoms with Gasteiger partial charge in [-0.25, -0.2) is 0 Å². The lowest BCUT2D eigenvalue weighted by Gasteiger charge is -2.31. The number of furan rings is 1. The van der Waals surface area contributed by atoms with Crippen molar-refractivity contribution < 1.29 is 14.0 Å². The van der Waals surface area contributed by atoms with E-state index in [0.717, 1.165) is 22.0 Å². The minimum atomic E-state index is -0.436. The van der Waals surface area contributed by atoms with Crippen LogP contribution in [0.1, 0.15) is 30.7 Å². The average molecular weight is 456 g/mol. The van der Waals surface area contributed by atoms with Crippen LogP contribution in [0, 0.1) is 0 Å². The van der Waals surface area contributed by atoms with Crippen molar-refractivity contribution in [2.24, 2.45) is 0 Å². The van der Waals surface area contributed by atoms with Gasteiger partial charge in [0.1, 0.15) is 11.3 Å². The zero-order valence-corrected chi connectivity index (χ0v) is 19.5. The first-order valence-electron chi connectivity index (χ1n) is 10.7. The molecular formula is C26H21N3O3S. The molecule has 6 rings (SSSR count). The van der Waals surface area contributed by atoms with Crippen molar-refractivity contribution in [3.05, 3.63) is 71.0 Å². The Balaban J connectivity index is 1.62. The number of amides is 2. The molecule has 0 atom stereocenters. The van der Waals surface area contributed by atoms with E-state index < -0.39 is 11.8 Å². The second-order valence-electron chi connectivity index (χ2n) is 9.12. The average Bonchev–Trinajstić information content (AvgIpc) is 3.38. The van der Waals surface area contributed by atoms with E-state index in [1.54, 1.807) is 14.1 Å². The summed E-state index contributed by atoms with van der Waals surface area (Å²) < 4.78 is 8.52. The number of carbonyl (C=O) groups excluding carboxylic acids is 2. The van der Waals surface area contributed by atoms with Gasteiger partial charge < -0.3 is 4.42 Å². The molecule has 0 aliphatic carbocycles. The molecule has 33 heavy (non-hydrogen) atoms. The fourth-order valence-corrected chi connectivity index (χ4v) is 5.25. The molecular weight excluding hydrogens is 434 g/mol. The highest BCUT2D eigenvalue weighted by Gasteiger charge is 2.39. The van der Waals surface area contributed by atoms with Crippen molar-refractivity contribution in [1.82, 2.24) is 14.4 Å². The Kier molecular flexibility index (Phi) is 3.88. The molecule has 6 nitrogen and oxygen atoms in total. The van der Waals surface area contributed by atoms with Gasteiger partial charge in [-0.1, -0.05) is 50.2 Å². The number of nitrogens with zero attached hydrogens (tertiary/aromatic N) is 3. The highest BCUT2D eigenvalue weighted by molar-refractivity contribution is 7.80. The summed E-state index contributed by atoms with van der Waals surface area (Å²) in [6, 6.07) is 16.6. The summed E-state index contributed by atoms with van der Waals surface area (Å²) in [4.78, 5) is 28.2. The summed E-state index contributed by atoms with van der Waals surface area (Å²) in [6.07, 6.45) is 1.53. The predicted octanol–water partition coefficient (Wildman–Crippen LogP) is 4.61. The van der Waals surface area contributed by atoms with Crippen LogP contribution in [0.2, 0.25) is 0 Å². The summed E-state index contributed by atoms with van der Waals surface area (Å²) in [6.45, 7) is 4.34. The maximum Gasteiger partial charge on any atom is 0.265 e. The third-order valence-electron chi connectivity index (χ3n) is 6.91. The monoisotopic (exact) mass is 455 g/mol. The molecule has 2 aliphatic heterocycles. The first-order valence-corrected chi connectivity index (χ1v) is 11.1. The number of para-hydroxylation sites is 2. The molecule has 0 unspecified atom stereocenters. The summed E-state index contributed by atoms with van der Waals surface area (Å²) in [5.41, 5.74) is 4.09. The van der Waals surface area contributed by atoms with Gasteiger partial charge >= 0.3 is 0 Å². The lowest BCUT2D eigenvalue weighted by Crippen LogP contribution is -2.52. The third kappa shape index (κ3) is 2.45. The molecule has 0 radical (unpaired) electrons. The molecule has 0 bridgehead atoms. The van der Waals surface area contributed by atoms with Crippen molar-refractivity contribution in [1.29, 1.82) is 0 Å². The number of fused-ring (bicyclic) bond motifs is 5. The molecule has 0 N–H and O–H groups in total. The van der Waals surface area contributed by atoms with Crippen LogP contribution in [0.15, 0.2) is 58.5 Å². The Morgan fingerprint density at radius 3 is 2.30 bits per heavy atom. The summed E-state index contributed by atoms with van der Waals surface area (Å²) in [7, 11) is 3.13. The molecule has 2 amide bonds. The lowest BCUT2D eigenvalue weighted by molar-refractivity contribution is -0.132. The molecule has 2 aromatic heterocycles. The Morgan fingerprint density at radius 1 is 0.909 bits per heavy atom. The van der Waals surface area contributed by atoms with E-state index in [-0.39, 0.29) is 16.1 Å². The van der Waals surface area contributed by atoms with Gasteiger partial charge in [0.2, 0.25) is 5.88 Å². The highest BCUT2D eigenvalue weighted by Crippen LogP contribution is 2.48. The number of rotatable bonds is 1. The van der Waals surface area contributed by atoms with E-state index >= 15 is 0 Å². The predicted molar refractivity (Wildman–Crippen MR) is 131 cm³/mol. The van der Waals surface area contributed by atoms with Gasteiger partial charge in [-0.05, 0) is 36.0 Å². The van der Waals surface area contributed by atoms with E-state index in [1.165, 1.54) is 26.8 Å². The van der Waals surface area contributed by atoms with Crippen molar-refractivity contribution in [3.8, 4) is 5.88 Å². The summed E-state index contributed by atoms with van der Waals surface area (Å²) in [5, 5.41) is 2.51. The maximum absolute atomic E-state index is 12.8. The molecule has 0 saturated carbocycles. The first kappa shape index (κ1) is 19.9. The Labute approximate surface area is 195 Å². The van der Waals surface area contributed by atoms with Crippen molar-refractivity contribution in [2.45, 2.75) is 19.3 Å². The van der Waals surface area contributed by atoms with Crippen LogP contribution >= 0.6 is 12.2 Å². The van der Waals surface area contributed by atoms with Gasteiger partial charge in [0.05, 0.1) is 11.0 Å². The lowest BCUT2D eigenvalue weighted by atomic mass is 9.76. The molecule has 2 aliphatic rings. The number of aromatic nitrogens is 1. The van der Waals surface area contributed by atoms with Crippen LogP contribution in [-0.2, 0) is 15.0 Å². The second-order valence-corrected chi connectivity index (χ2v) is 9.48. The smallest absolute Gasteiger partial charge is 0.265 e. The zero-order valence-electron chi connectivity index (χ0n) is 18.7. The van der Waals surface area contributed by atoms with Gasteiger partial charge in [-0.2, -0.15) is 0 Å². The number of thiocarbonyl (C=S) groups is 1. The van der Waals surface area contributed by atoms with E-state index in [1.807, 2.05) is 18.2 Å². The normalized spacial score (nSPS) is 17.3. The molecule has 4 aromatic rings. The number of hydrogen-bond acceptors (Lipinski definition) is 4. The van der Waals surface area contributed by atoms with Crippen LogP contribution in [-0.4, -0.2) is 45.4 Å². The number of hydrogen-bond donors (Lipinski definition) is 0. The first-order chi connectivity index (χ1) is 15.7. The number of benzene rings is 2. The summed E-state index contributed by atoms with van der Waals surface area (Å²) in [5.74, 6) is 0.297. The quantitative estimate of drug-likeness (QED) is 0.239. The molecule has 1 fully saturated rings. The van der Waals surface area contributed by atoms with E-state index in [2.05, 4.69) is 48.7 Å². The van der Waals surface area contributed by atoms with Crippen LogP contribution in [0.5, 0.6) is 0 Å². The minimum Gasteiger partial charge on any atom is -0.440 e. The van der Waals surface area contributed by atoms with Crippen LogP contribution in [0.4, 0.5) is 0 Å². The molecule has 7 heteroatoms. The highest BCUT2D eigenvalue weighted by atomic mass is 32.1. The Morgan fingerprint density at radius 2 is 1.58 bits per heavy atom. The number of likely N-dealkylation sites (N-methyl/N-ethyl adjacent to an activating group) is 2. The largest absolute Gasteiger partial charge is 0.440 e. The third-order valence-corrected chi connectivity index (χ3v) is 7.45. The van der Waals surface area contributed by atoms with E-state index in [4.69, 9.17) is 16.6 Å². The molecule has 2 aromatic carbocycles. The topological polar surface area (TPSA) is 58.7 Å². The molecule has 1 saturated heterocycles. The standard InChI is InChI=1S/C26H21N3O3S/c1-26(2)18-10-7-9-16-15-8-5-6-11-20(15)29(21(16)18)24-19(26)13-14(32-24)12-17-22(30)27(3)25(33)28(4)23(17)31/h5-13H,1-4H3. The maximum atomic E-state index is 12.8. The van der Waals surface area contributed by atoms with Crippen LogP contribution < -0.4 is 0 Å². The van der Waals surface area contributed by atoms with Crippen LogP contribution in [0.25, 0.3) is 33.8 Å². The fraction of sp³-hybridized carbons (Fsp3) is 0.192. The van der Waals surface area contributed by atoms with Gasteiger partial charge in [-0.3, -0.25) is 24.0 Å². The van der Waals surface area contributed by atoms with Gasteiger partial charge in [0.25, 0.3) is 11.8 Å². The molecule has 0 spiro atoms. The molecule has 164 valence electrons. The van der Waals surface area contributed by atoms with Gasteiger partial charge in [0.15, 0.2) is 5.11 Å². The Hall–Kier alpha value is -3.71.